The molecule has 3 heterocycles. The van der Waals surface area contributed by atoms with Gasteiger partial charge in [0.25, 0.3) is 0 Å². The number of para-hydroxylation sites is 2. The lowest BCUT2D eigenvalue weighted by atomic mass is 9.93. The van der Waals surface area contributed by atoms with Crippen LogP contribution in [0.3, 0.4) is 0 Å². The first kappa shape index (κ1) is 29.7. The molecule has 3 nitrogen and oxygen atoms in total. The van der Waals surface area contributed by atoms with Crippen molar-refractivity contribution >= 4 is 91.9 Å². The molecular weight excluding hydrogens is 677 g/mol. The minimum absolute atomic E-state index is 0.884. The molecule has 0 aliphatic carbocycles. The Morgan fingerprint density at radius 1 is 0.426 bits per heavy atom. The molecule has 9 aromatic carbocycles. The highest BCUT2D eigenvalue weighted by molar-refractivity contribution is 7.25. The molecule has 0 unspecified atom stereocenters. The molecule has 0 spiro atoms. The Bertz CT molecular complexity index is 3320. The van der Waals surface area contributed by atoms with E-state index in [-0.39, 0.29) is 0 Å². The second-order valence-electron chi connectivity index (χ2n) is 14.1. The maximum absolute atomic E-state index is 6.56. The van der Waals surface area contributed by atoms with Gasteiger partial charge in [-0.25, -0.2) is 0 Å². The van der Waals surface area contributed by atoms with E-state index in [4.69, 9.17) is 4.74 Å². The molecule has 0 atom stereocenters. The van der Waals surface area contributed by atoms with Gasteiger partial charge in [0.15, 0.2) is 0 Å². The van der Waals surface area contributed by atoms with Gasteiger partial charge in [0, 0.05) is 64.3 Å². The lowest BCUT2D eigenvalue weighted by Gasteiger charge is -2.29. The quantitative estimate of drug-likeness (QED) is 0.181. The maximum Gasteiger partial charge on any atom is 0.135 e. The molecule has 11 aromatic rings. The summed E-state index contributed by atoms with van der Waals surface area (Å²) in [5.41, 5.74) is 9.15. The zero-order valence-corrected chi connectivity index (χ0v) is 29.8. The van der Waals surface area contributed by atoms with Crippen LogP contribution < -0.4 is 9.64 Å². The van der Waals surface area contributed by atoms with E-state index in [1.54, 1.807) is 0 Å². The van der Waals surface area contributed by atoms with E-state index in [2.05, 4.69) is 185 Å². The normalized spacial score (nSPS) is 12.2. The average Bonchev–Trinajstić information content (AvgIpc) is 3.77. The zero-order chi connectivity index (χ0) is 35.3. The minimum atomic E-state index is 0.884. The van der Waals surface area contributed by atoms with Gasteiger partial charge < -0.3 is 14.2 Å². The predicted octanol–water partition coefficient (Wildman–Crippen LogP) is 14.7. The van der Waals surface area contributed by atoms with Gasteiger partial charge in [-0.05, 0) is 95.2 Å². The summed E-state index contributed by atoms with van der Waals surface area (Å²) in [4.78, 5) is 2.45. The van der Waals surface area contributed by atoms with Gasteiger partial charge in [0.1, 0.15) is 11.5 Å². The number of nitrogens with zero attached hydrogens (tertiary/aromatic N) is 2. The summed E-state index contributed by atoms with van der Waals surface area (Å²) in [7, 11) is 0. The molecule has 0 N–H and O–H groups in total. The number of thiophene rings is 1. The molecule has 0 saturated heterocycles. The molecular formula is C50H30N2OS. The first-order chi connectivity index (χ1) is 26.8. The van der Waals surface area contributed by atoms with E-state index < -0.39 is 0 Å². The van der Waals surface area contributed by atoms with E-state index >= 15 is 0 Å². The molecule has 0 fully saturated rings. The topological polar surface area (TPSA) is 17.4 Å². The van der Waals surface area contributed by atoms with Gasteiger partial charge in [0.05, 0.1) is 16.7 Å². The van der Waals surface area contributed by atoms with E-state index in [1.165, 1.54) is 58.3 Å². The molecule has 0 bridgehead atoms. The van der Waals surface area contributed by atoms with Gasteiger partial charge in [-0.2, -0.15) is 0 Å². The molecule has 2 aromatic heterocycles. The molecule has 12 rings (SSSR count). The highest BCUT2D eigenvalue weighted by Gasteiger charge is 2.25. The summed E-state index contributed by atoms with van der Waals surface area (Å²) in [6.07, 6.45) is 0. The number of benzene rings is 9. The molecule has 54 heavy (non-hydrogen) atoms. The highest BCUT2D eigenvalue weighted by Crippen LogP contribution is 2.51. The summed E-state index contributed by atoms with van der Waals surface area (Å²) in [5, 5.41) is 9.80. The Kier molecular flexibility index (Phi) is 6.21. The van der Waals surface area contributed by atoms with Crippen LogP contribution in [-0.2, 0) is 0 Å². The van der Waals surface area contributed by atoms with Gasteiger partial charge in [-0.15, -0.1) is 11.3 Å². The fraction of sp³-hybridized carbons (Fsp3) is 0. The number of aromatic nitrogens is 1. The molecule has 0 radical (unpaired) electrons. The van der Waals surface area contributed by atoms with Crippen molar-refractivity contribution in [2.24, 2.45) is 0 Å². The standard InChI is InChI=1S/C50H30N2OS/c1-2-12-32(13-3-1)52-43-26-22-33(30-41(43)49-35-14-5-4-11-31(35)21-25-44(49)52)51(34-23-28-48-40(29-34)37-16-7-9-20-47(37)54-48)42-27-24-38-36-15-6-8-18-45(36)53-46-19-10-17-39(42)50(38)46/h1-30H. The second kappa shape index (κ2) is 11.3. The molecule has 0 saturated carbocycles. The van der Waals surface area contributed by atoms with Crippen LogP contribution in [0.25, 0.3) is 80.3 Å². The summed E-state index contributed by atoms with van der Waals surface area (Å²) in [5.74, 6) is 1.78. The van der Waals surface area contributed by atoms with Gasteiger partial charge in [0.2, 0.25) is 0 Å². The van der Waals surface area contributed by atoms with E-state index in [0.29, 0.717) is 0 Å². The monoisotopic (exact) mass is 706 g/mol. The van der Waals surface area contributed by atoms with E-state index in [9.17, 15) is 0 Å². The SMILES string of the molecule is c1ccc(-n2c3ccc(N(c4ccc5sc6ccccc6c5c4)c4ccc5c6c(cccc46)Oc4ccccc4-5)cc3c3c4ccccc4ccc32)cc1. The second-order valence-corrected chi connectivity index (χ2v) is 15.2. The average molecular weight is 707 g/mol. The highest BCUT2D eigenvalue weighted by atomic mass is 32.1. The zero-order valence-electron chi connectivity index (χ0n) is 29.0. The first-order valence-electron chi connectivity index (χ1n) is 18.3. The number of fused-ring (bicyclic) bond motifs is 10. The molecule has 1 aliphatic heterocycles. The molecule has 4 heteroatoms. The Morgan fingerprint density at radius 3 is 2.06 bits per heavy atom. The Balaban J connectivity index is 1.18. The summed E-state index contributed by atoms with van der Waals surface area (Å²) >= 11 is 1.85. The predicted molar refractivity (Wildman–Crippen MR) is 229 cm³/mol. The third-order valence-corrected chi connectivity index (χ3v) is 12.3. The minimum Gasteiger partial charge on any atom is -0.456 e. The van der Waals surface area contributed by atoms with E-state index in [0.717, 1.165) is 50.6 Å². The fourth-order valence-electron chi connectivity index (χ4n) is 8.81. The van der Waals surface area contributed by atoms with Crippen LogP contribution in [0.5, 0.6) is 11.5 Å². The number of rotatable bonds is 4. The molecule has 1 aliphatic rings. The van der Waals surface area contributed by atoms with Crippen molar-refractivity contribution in [3.05, 3.63) is 182 Å². The van der Waals surface area contributed by atoms with E-state index in [1.807, 2.05) is 17.4 Å². The largest absolute Gasteiger partial charge is 0.456 e. The fourth-order valence-corrected chi connectivity index (χ4v) is 9.90. The van der Waals surface area contributed by atoms with Crippen LogP contribution in [0.4, 0.5) is 17.1 Å². The van der Waals surface area contributed by atoms with Crippen molar-refractivity contribution in [1.29, 1.82) is 0 Å². The first-order valence-corrected chi connectivity index (χ1v) is 19.2. The number of hydrogen-bond acceptors (Lipinski definition) is 3. The third kappa shape index (κ3) is 4.23. The number of ether oxygens (including phenoxy) is 1. The summed E-state index contributed by atoms with van der Waals surface area (Å²) in [6, 6.07) is 66.1. The van der Waals surface area contributed by atoms with Crippen molar-refractivity contribution in [1.82, 2.24) is 4.57 Å². The summed E-state index contributed by atoms with van der Waals surface area (Å²) < 4.78 is 11.6. The van der Waals surface area contributed by atoms with Crippen molar-refractivity contribution in [3.63, 3.8) is 0 Å². The smallest absolute Gasteiger partial charge is 0.135 e. The maximum atomic E-state index is 6.56. The van der Waals surface area contributed by atoms with Crippen LogP contribution in [0.2, 0.25) is 0 Å². The van der Waals surface area contributed by atoms with Crippen LogP contribution in [-0.4, -0.2) is 4.57 Å². The van der Waals surface area contributed by atoms with Gasteiger partial charge >= 0.3 is 0 Å². The number of anilines is 3. The lowest BCUT2D eigenvalue weighted by Crippen LogP contribution is -2.11. The Labute approximate surface area is 315 Å². The molecule has 252 valence electrons. The van der Waals surface area contributed by atoms with Crippen molar-refractivity contribution in [2.45, 2.75) is 0 Å². The Hall–Kier alpha value is -6.88. The van der Waals surface area contributed by atoms with Crippen LogP contribution in [0.1, 0.15) is 0 Å². The lowest BCUT2D eigenvalue weighted by molar-refractivity contribution is 0.487. The Morgan fingerprint density at radius 2 is 1.13 bits per heavy atom. The van der Waals surface area contributed by atoms with Crippen LogP contribution in [0.15, 0.2) is 182 Å². The number of hydrogen-bond donors (Lipinski definition) is 0. The third-order valence-electron chi connectivity index (χ3n) is 11.1. The summed E-state index contributed by atoms with van der Waals surface area (Å²) in [6.45, 7) is 0. The molecule has 0 amide bonds. The van der Waals surface area contributed by atoms with Crippen molar-refractivity contribution < 1.29 is 4.74 Å². The van der Waals surface area contributed by atoms with Crippen LogP contribution >= 0.6 is 11.3 Å². The van der Waals surface area contributed by atoms with Gasteiger partial charge in [-0.1, -0.05) is 103 Å². The van der Waals surface area contributed by atoms with Gasteiger partial charge in [-0.3, -0.25) is 0 Å². The van der Waals surface area contributed by atoms with Crippen molar-refractivity contribution in [2.75, 3.05) is 4.90 Å². The van der Waals surface area contributed by atoms with Crippen LogP contribution in [0, 0.1) is 0 Å². The van der Waals surface area contributed by atoms with Crippen molar-refractivity contribution in [3.8, 4) is 28.3 Å².